The lowest BCUT2D eigenvalue weighted by atomic mass is 9.76. The number of esters is 2. The van der Waals surface area contributed by atoms with Gasteiger partial charge in [-0.05, 0) is 64.3 Å². The van der Waals surface area contributed by atoms with Gasteiger partial charge in [0.05, 0.1) is 26.9 Å². The van der Waals surface area contributed by atoms with E-state index in [-0.39, 0.29) is 23.5 Å². The Labute approximate surface area is 246 Å². The minimum atomic E-state index is -3.11. The zero-order valence-electron chi connectivity index (χ0n) is 26.5. The predicted octanol–water partition coefficient (Wildman–Crippen LogP) is 7.23. The van der Waals surface area contributed by atoms with Crippen molar-refractivity contribution in [1.82, 2.24) is 9.34 Å². The quantitative estimate of drug-likeness (QED) is 0.235. The molecule has 0 amide bonds. The Balaban J connectivity index is 2.30. The summed E-state index contributed by atoms with van der Waals surface area (Å²) in [4.78, 5) is 28.4. The van der Waals surface area contributed by atoms with Crippen LogP contribution in [0.3, 0.4) is 0 Å². The Kier molecular flexibility index (Phi) is 8.99. The minimum absolute atomic E-state index is 0.0303. The van der Waals surface area contributed by atoms with E-state index in [0.717, 1.165) is 42.7 Å². The molecule has 1 fully saturated rings. The van der Waals surface area contributed by atoms with Crippen molar-refractivity contribution < 1.29 is 23.8 Å². The number of allylic oxidation sites excluding steroid dienone is 1. The van der Waals surface area contributed by atoms with Crippen molar-refractivity contribution in [2.45, 2.75) is 104 Å². The van der Waals surface area contributed by atoms with E-state index in [1.54, 1.807) is 7.11 Å². The zero-order valence-corrected chi connectivity index (χ0v) is 27.4. The summed E-state index contributed by atoms with van der Waals surface area (Å²) in [5, 5.41) is 0.353. The molecular weight excluding hydrogens is 537 g/mol. The number of benzene rings is 1. The van der Waals surface area contributed by atoms with Gasteiger partial charge >= 0.3 is 11.9 Å². The predicted molar refractivity (Wildman–Crippen MR) is 163 cm³/mol. The summed E-state index contributed by atoms with van der Waals surface area (Å²) in [5.41, 5.74) is 0.654. The van der Waals surface area contributed by atoms with Crippen molar-refractivity contribution in [3.63, 3.8) is 0 Å². The molecule has 0 spiro atoms. The number of fused-ring (bicyclic) bond motifs is 2. The van der Waals surface area contributed by atoms with Gasteiger partial charge in [-0.2, -0.15) is 0 Å². The van der Waals surface area contributed by atoms with Gasteiger partial charge in [0.1, 0.15) is 24.0 Å². The maximum absolute atomic E-state index is 14.2. The van der Waals surface area contributed by atoms with Crippen LogP contribution in [0.25, 0.3) is 0 Å². The first-order chi connectivity index (χ1) is 19.3. The fraction of sp³-hybridized carbons (Fsp3) is 0.625. The number of ether oxygens (including phenoxy) is 3. The van der Waals surface area contributed by atoms with Gasteiger partial charge in [0, 0.05) is 29.2 Å². The molecule has 1 saturated carbocycles. The van der Waals surface area contributed by atoms with Crippen LogP contribution in [-0.2, 0) is 24.6 Å². The Hall–Kier alpha value is -2.41. The molecule has 9 heteroatoms. The van der Waals surface area contributed by atoms with Crippen LogP contribution in [0, 0.1) is 5.41 Å². The fourth-order valence-corrected chi connectivity index (χ4v) is 12.2. The van der Waals surface area contributed by atoms with Gasteiger partial charge in [-0.15, -0.1) is 0 Å². The molecule has 2 aliphatic heterocycles. The second-order valence-electron chi connectivity index (χ2n) is 12.9. The molecule has 8 nitrogen and oxygen atoms in total. The molecule has 2 bridgehead atoms. The van der Waals surface area contributed by atoms with Crippen LogP contribution in [0.15, 0.2) is 51.7 Å². The first-order valence-corrected chi connectivity index (χ1v) is 16.5. The Morgan fingerprint density at radius 3 is 1.98 bits per heavy atom. The van der Waals surface area contributed by atoms with Gasteiger partial charge in [0.25, 0.3) is 0 Å². The highest BCUT2D eigenvalue weighted by Gasteiger charge is 2.67. The molecule has 0 saturated heterocycles. The summed E-state index contributed by atoms with van der Waals surface area (Å²) < 4.78 is 27.2. The topological polar surface area (TPSA) is 80.7 Å². The molecule has 1 aliphatic carbocycles. The SMILES string of the molecule is COC(=O)C1=C(C(=O)OC)P2(N(C(C)C)C(C)C)=NC(C(C)(C)C)=CC1(c1ccc(OC)cc1)N2C1CCCCC1. The number of carbonyl (C=O) groups excluding carboxylic acids is 2. The van der Waals surface area contributed by atoms with Gasteiger partial charge in [-0.3, -0.25) is 0 Å². The second-order valence-corrected chi connectivity index (χ2v) is 15.5. The van der Waals surface area contributed by atoms with Gasteiger partial charge in [0.15, 0.2) is 0 Å². The average Bonchev–Trinajstić information content (AvgIpc) is 3.09. The lowest BCUT2D eigenvalue weighted by Crippen LogP contribution is -2.53. The van der Waals surface area contributed by atoms with E-state index in [1.165, 1.54) is 20.6 Å². The molecule has 3 aliphatic rings. The van der Waals surface area contributed by atoms with E-state index in [0.29, 0.717) is 10.9 Å². The third kappa shape index (κ3) is 5.00. The van der Waals surface area contributed by atoms with Crippen LogP contribution in [0.2, 0.25) is 0 Å². The highest BCUT2D eigenvalue weighted by molar-refractivity contribution is 7.68. The first-order valence-electron chi connectivity index (χ1n) is 14.8. The normalized spacial score (nSPS) is 25.4. The Morgan fingerprint density at radius 1 is 0.951 bits per heavy atom. The van der Waals surface area contributed by atoms with Gasteiger partial charge < -0.3 is 14.2 Å². The van der Waals surface area contributed by atoms with E-state index in [4.69, 9.17) is 19.0 Å². The minimum Gasteiger partial charge on any atom is -0.497 e. The monoisotopic (exact) mass is 585 g/mol. The van der Waals surface area contributed by atoms with E-state index in [9.17, 15) is 9.59 Å². The molecule has 226 valence electrons. The summed E-state index contributed by atoms with van der Waals surface area (Å²) in [6.07, 6.45) is 7.40. The molecule has 0 aromatic heterocycles. The second kappa shape index (κ2) is 11.7. The van der Waals surface area contributed by atoms with Gasteiger partial charge in [-0.25, -0.2) is 23.7 Å². The van der Waals surface area contributed by atoms with E-state index < -0.39 is 24.8 Å². The summed E-state index contributed by atoms with van der Waals surface area (Å²) >= 11 is 0. The molecule has 2 unspecified atom stereocenters. The van der Waals surface area contributed by atoms with Crippen LogP contribution >= 0.6 is 7.36 Å². The number of rotatable bonds is 8. The number of nitrogens with zero attached hydrogens (tertiary/aromatic N) is 3. The van der Waals surface area contributed by atoms with E-state index in [2.05, 4.69) is 63.9 Å². The number of methoxy groups -OCH3 is 3. The standard InChI is InChI=1S/C32H48N3O5P/c1-21(2)34(22(3)4)41-28(30(37)40-10)27(29(36)39-9)32(20-26(33-41)31(5,6)7,23-16-18-25(38-8)19-17-23)35(41)24-14-12-11-13-15-24/h16-22,24H,11-15H2,1-10H3. The lowest BCUT2D eigenvalue weighted by molar-refractivity contribution is -0.139. The fourth-order valence-electron chi connectivity index (χ4n) is 6.99. The van der Waals surface area contributed by atoms with Crippen molar-refractivity contribution in [2.75, 3.05) is 21.3 Å². The van der Waals surface area contributed by atoms with Crippen LogP contribution in [0.4, 0.5) is 0 Å². The molecule has 2 heterocycles. The number of hydrogen-bond donors (Lipinski definition) is 0. The van der Waals surface area contributed by atoms with Crippen molar-refractivity contribution in [2.24, 2.45) is 10.2 Å². The maximum atomic E-state index is 14.2. The van der Waals surface area contributed by atoms with Crippen molar-refractivity contribution in [3.8, 4) is 5.75 Å². The third-order valence-electron chi connectivity index (χ3n) is 8.54. The van der Waals surface area contributed by atoms with E-state index >= 15 is 0 Å². The molecule has 1 aromatic rings. The van der Waals surface area contributed by atoms with Crippen molar-refractivity contribution in [1.29, 1.82) is 0 Å². The lowest BCUT2D eigenvalue weighted by Gasteiger charge is -2.55. The highest BCUT2D eigenvalue weighted by Crippen LogP contribution is 2.79. The Morgan fingerprint density at radius 2 is 1.51 bits per heavy atom. The summed E-state index contributed by atoms with van der Waals surface area (Å²) in [7, 11) is 1.31. The summed E-state index contributed by atoms with van der Waals surface area (Å²) in [6.45, 7) is 15.0. The summed E-state index contributed by atoms with van der Waals surface area (Å²) in [6, 6.07) is 8.04. The molecular formula is C32H48N3O5P. The Bertz CT molecular complexity index is 1280. The maximum Gasteiger partial charge on any atom is 0.343 e. The largest absolute Gasteiger partial charge is 0.497 e. The van der Waals surface area contributed by atoms with Gasteiger partial charge in [-0.1, -0.05) is 52.2 Å². The number of carbonyl (C=O) groups is 2. The molecule has 0 N–H and O–H groups in total. The first kappa shape index (κ1) is 31.5. The number of hydrogen-bond acceptors (Lipinski definition) is 8. The van der Waals surface area contributed by atoms with Gasteiger partial charge in [0.2, 0.25) is 0 Å². The highest BCUT2D eigenvalue weighted by atomic mass is 31.2. The molecule has 2 atom stereocenters. The van der Waals surface area contributed by atoms with Crippen molar-refractivity contribution in [3.05, 3.63) is 52.5 Å². The van der Waals surface area contributed by atoms with Crippen LogP contribution in [-0.4, -0.2) is 60.7 Å². The molecule has 41 heavy (non-hydrogen) atoms. The third-order valence-corrected chi connectivity index (χ3v) is 12.9. The van der Waals surface area contributed by atoms with E-state index in [1.807, 2.05) is 24.3 Å². The molecule has 1 aromatic carbocycles. The van der Waals surface area contributed by atoms with Crippen molar-refractivity contribution >= 4 is 19.3 Å². The average molecular weight is 586 g/mol. The van der Waals surface area contributed by atoms with Crippen LogP contribution < -0.4 is 4.74 Å². The molecule has 4 rings (SSSR count). The molecule has 0 radical (unpaired) electrons. The summed E-state index contributed by atoms with van der Waals surface area (Å²) in [5.74, 6) is -0.330. The van der Waals surface area contributed by atoms with Crippen LogP contribution in [0.5, 0.6) is 5.75 Å². The van der Waals surface area contributed by atoms with Crippen LogP contribution in [0.1, 0.15) is 86.1 Å². The zero-order chi connectivity index (χ0) is 30.3. The smallest absolute Gasteiger partial charge is 0.343 e.